The van der Waals surface area contributed by atoms with Crippen LogP contribution in [0.25, 0.3) is 21.8 Å². The molecule has 1 atom stereocenters. The first-order chi connectivity index (χ1) is 11.1. The van der Waals surface area contributed by atoms with Gasteiger partial charge in [0, 0.05) is 22.8 Å². The molecule has 1 fully saturated rings. The molecule has 6 heteroatoms. The zero-order valence-electron chi connectivity index (χ0n) is 12.3. The number of fused-ring (bicyclic) bond motifs is 3. The van der Waals surface area contributed by atoms with Gasteiger partial charge in [0.15, 0.2) is 0 Å². The van der Waals surface area contributed by atoms with Gasteiger partial charge >= 0.3 is 5.97 Å². The van der Waals surface area contributed by atoms with Crippen molar-refractivity contribution >= 4 is 33.7 Å². The molecule has 1 aromatic carbocycles. The van der Waals surface area contributed by atoms with Gasteiger partial charge in [-0.3, -0.25) is 4.79 Å². The summed E-state index contributed by atoms with van der Waals surface area (Å²) in [5.74, 6) is -1.27. The van der Waals surface area contributed by atoms with Crippen molar-refractivity contribution in [2.75, 3.05) is 6.54 Å². The highest BCUT2D eigenvalue weighted by Crippen LogP contribution is 2.26. The lowest BCUT2D eigenvalue weighted by Gasteiger charge is -2.20. The predicted octanol–water partition coefficient (Wildman–Crippen LogP) is 2.41. The van der Waals surface area contributed by atoms with Gasteiger partial charge in [0.25, 0.3) is 5.91 Å². The maximum absolute atomic E-state index is 12.7. The van der Waals surface area contributed by atoms with E-state index in [2.05, 4.69) is 9.97 Å². The Morgan fingerprint density at radius 2 is 2.04 bits per heavy atom. The lowest BCUT2D eigenvalue weighted by molar-refractivity contribution is -0.141. The Hall–Kier alpha value is -2.89. The van der Waals surface area contributed by atoms with Crippen LogP contribution in [0.4, 0.5) is 0 Å². The molecule has 1 unspecified atom stereocenters. The van der Waals surface area contributed by atoms with Gasteiger partial charge in [-0.15, -0.1) is 0 Å². The number of nitrogens with zero attached hydrogens (tertiary/aromatic N) is 2. The molecule has 0 spiro atoms. The summed E-state index contributed by atoms with van der Waals surface area (Å²) >= 11 is 0. The smallest absolute Gasteiger partial charge is 0.326 e. The average molecular weight is 309 g/mol. The third-order valence-electron chi connectivity index (χ3n) is 4.41. The number of carbonyl (C=O) groups excluding carboxylic acids is 1. The number of carbonyl (C=O) groups is 2. The van der Waals surface area contributed by atoms with E-state index in [9.17, 15) is 14.7 Å². The van der Waals surface area contributed by atoms with Crippen LogP contribution in [-0.2, 0) is 4.79 Å². The molecule has 6 nitrogen and oxygen atoms in total. The molecule has 2 aromatic heterocycles. The quantitative estimate of drug-likeness (QED) is 0.761. The Kier molecular flexibility index (Phi) is 3.04. The van der Waals surface area contributed by atoms with E-state index in [1.807, 2.05) is 24.3 Å². The number of carboxylic acids is 1. The lowest BCUT2D eigenvalue weighted by Crippen LogP contribution is -2.40. The fourth-order valence-corrected chi connectivity index (χ4v) is 3.28. The molecule has 2 N–H and O–H groups in total. The highest BCUT2D eigenvalue weighted by Gasteiger charge is 2.35. The van der Waals surface area contributed by atoms with Crippen molar-refractivity contribution < 1.29 is 14.7 Å². The Balaban J connectivity index is 1.78. The first-order valence-electron chi connectivity index (χ1n) is 7.55. The van der Waals surface area contributed by atoms with Crippen molar-refractivity contribution in [3.05, 3.63) is 42.2 Å². The van der Waals surface area contributed by atoms with Gasteiger partial charge < -0.3 is 15.0 Å². The number of hydrogen-bond donors (Lipinski definition) is 2. The molecule has 0 radical (unpaired) electrons. The molecule has 1 amide bonds. The van der Waals surface area contributed by atoms with E-state index in [0.29, 0.717) is 19.4 Å². The van der Waals surface area contributed by atoms with E-state index in [1.54, 1.807) is 12.3 Å². The monoisotopic (exact) mass is 309 g/mol. The molecule has 1 aliphatic rings. The number of carboxylic acid groups (broad SMARTS) is 1. The third kappa shape index (κ3) is 2.14. The zero-order valence-corrected chi connectivity index (χ0v) is 12.3. The highest BCUT2D eigenvalue weighted by atomic mass is 16.4. The highest BCUT2D eigenvalue weighted by molar-refractivity contribution is 6.09. The number of amides is 1. The molecule has 4 rings (SSSR count). The lowest BCUT2D eigenvalue weighted by atomic mass is 10.1. The molecule has 3 heterocycles. The van der Waals surface area contributed by atoms with E-state index in [-0.39, 0.29) is 11.6 Å². The van der Waals surface area contributed by atoms with Crippen LogP contribution in [0.2, 0.25) is 0 Å². The minimum atomic E-state index is -0.955. The van der Waals surface area contributed by atoms with Crippen LogP contribution < -0.4 is 0 Å². The molecule has 1 saturated heterocycles. The van der Waals surface area contributed by atoms with Gasteiger partial charge in [0.2, 0.25) is 0 Å². The Morgan fingerprint density at radius 1 is 1.22 bits per heavy atom. The molecule has 0 bridgehead atoms. The van der Waals surface area contributed by atoms with Crippen molar-refractivity contribution in [1.29, 1.82) is 0 Å². The number of aliphatic carboxylic acids is 1. The number of rotatable bonds is 2. The summed E-state index contributed by atoms with van der Waals surface area (Å²) in [5, 5.41) is 11.2. The van der Waals surface area contributed by atoms with Crippen LogP contribution in [0.15, 0.2) is 36.5 Å². The second-order valence-corrected chi connectivity index (χ2v) is 5.78. The van der Waals surface area contributed by atoms with Crippen LogP contribution in [0.5, 0.6) is 0 Å². The number of para-hydroxylation sites is 1. The topological polar surface area (TPSA) is 86.3 Å². The minimum absolute atomic E-state index is 0.287. The maximum Gasteiger partial charge on any atom is 0.326 e. The summed E-state index contributed by atoms with van der Waals surface area (Å²) in [4.78, 5) is 32.8. The van der Waals surface area contributed by atoms with Gasteiger partial charge in [-0.2, -0.15) is 0 Å². The van der Waals surface area contributed by atoms with Crippen molar-refractivity contribution in [3.8, 4) is 0 Å². The van der Waals surface area contributed by atoms with Gasteiger partial charge in [0.05, 0.1) is 11.7 Å². The molecular weight excluding hydrogens is 294 g/mol. The molecular formula is C17H15N3O3. The van der Waals surface area contributed by atoms with Crippen molar-refractivity contribution in [2.45, 2.75) is 18.9 Å². The van der Waals surface area contributed by atoms with Crippen LogP contribution in [0.3, 0.4) is 0 Å². The second kappa shape index (κ2) is 5.08. The number of hydrogen-bond acceptors (Lipinski definition) is 3. The Bertz CT molecular complexity index is 931. The summed E-state index contributed by atoms with van der Waals surface area (Å²) in [7, 11) is 0. The number of aromatic amines is 1. The van der Waals surface area contributed by atoms with E-state index in [0.717, 1.165) is 21.8 Å². The number of nitrogens with one attached hydrogen (secondary N) is 1. The van der Waals surface area contributed by atoms with E-state index < -0.39 is 12.0 Å². The van der Waals surface area contributed by atoms with Crippen LogP contribution in [-0.4, -0.2) is 44.4 Å². The first-order valence-corrected chi connectivity index (χ1v) is 7.55. The van der Waals surface area contributed by atoms with Crippen LogP contribution in [0.1, 0.15) is 23.3 Å². The van der Waals surface area contributed by atoms with Crippen LogP contribution >= 0.6 is 0 Å². The minimum Gasteiger partial charge on any atom is -0.480 e. The summed E-state index contributed by atoms with van der Waals surface area (Å²) in [6.45, 7) is 0.462. The molecule has 116 valence electrons. The third-order valence-corrected chi connectivity index (χ3v) is 4.41. The van der Waals surface area contributed by atoms with Crippen molar-refractivity contribution in [3.63, 3.8) is 0 Å². The summed E-state index contributed by atoms with van der Waals surface area (Å²) in [5.41, 5.74) is 2.13. The Labute approximate surface area is 131 Å². The summed E-state index contributed by atoms with van der Waals surface area (Å²) in [6, 6.07) is 8.84. The van der Waals surface area contributed by atoms with Gasteiger partial charge in [-0.1, -0.05) is 18.2 Å². The fourth-order valence-electron chi connectivity index (χ4n) is 3.28. The van der Waals surface area contributed by atoms with Crippen LogP contribution in [0, 0.1) is 0 Å². The van der Waals surface area contributed by atoms with Crippen molar-refractivity contribution in [1.82, 2.24) is 14.9 Å². The first kappa shape index (κ1) is 13.8. The number of pyridine rings is 1. The molecule has 23 heavy (non-hydrogen) atoms. The normalized spacial score (nSPS) is 17.9. The Morgan fingerprint density at radius 3 is 2.87 bits per heavy atom. The SMILES string of the molecule is O=C(O)C1CCCN1C(=O)c1cc2c(cn1)[nH]c1ccccc12. The van der Waals surface area contributed by atoms with E-state index >= 15 is 0 Å². The zero-order chi connectivity index (χ0) is 16.0. The number of likely N-dealkylation sites (tertiary alicyclic amines) is 1. The maximum atomic E-state index is 12.7. The van der Waals surface area contributed by atoms with Gasteiger partial charge in [-0.05, 0) is 25.0 Å². The van der Waals surface area contributed by atoms with E-state index in [1.165, 1.54) is 4.90 Å². The largest absolute Gasteiger partial charge is 0.480 e. The number of aromatic nitrogens is 2. The average Bonchev–Trinajstić information content (AvgIpc) is 3.18. The summed E-state index contributed by atoms with van der Waals surface area (Å²) in [6.07, 6.45) is 2.84. The number of H-pyrrole nitrogens is 1. The summed E-state index contributed by atoms with van der Waals surface area (Å²) < 4.78 is 0. The van der Waals surface area contributed by atoms with Gasteiger partial charge in [0.1, 0.15) is 11.7 Å². The van der Waals surface area contributed by atoms with Crippen molar-refractivity contribution in [2.24, 2.45) is 0 Å². The predicted molar refractivity (Wildman–Crippen MR) is 85.3 cm³/mol. The molecule has 3 aromatic rings. The standard InChI is InChI=1S/C17H15N3O3/c21-16(20-7-3-6-15(20)17(22)23)13-8-11-10-4-1-2-5-12(10)19-14(11)9-18-13/h1-2,4-5,8-9,15,19H,3,6-7H2,(H,22,23). The number of benzene rings is 1. The molecule has 0 aliphatic carbocycles. The fraction of sp³-hybridized carbons (Fsp3) is 0.235. The van der Waals surface area contributed by atoms with Gasteiger partial charge in [-0.25, -0.2) is 9.78 Å². The molecule has 0 saturated carbocycles. The molecule has 1 aliphatic heterocycles. The van der Waals surface area contributed by atoms with E-state index in [4.69, 9.17) is 0 Å². The second-order valence-electron chi connectivity index (χ2n) is 5.78.